The fraction of sp³-hybridized carbons (Fsp3) is 0.692. The Balaban J connectivity index is 2.26. The largest absolute Gasteiger partial charge is 0.392 e. The number of aliphatic hydroxyl groups is 1. The fourth-order valence-electron chi connectivity index (χ4n) is 2.46. The molecule has 2 heterocycles. The topological polar surface area (TPSA) is 52.5 Å². The van der Waals surface area contributed by atoms with Gasteiger partial charge in [0.25, 0.3) is 0 Å². The Labute approximate surface area is 108 Å². The van der Waals surface area contributed by atoms with Crippen molar-refractivity contribution < 1.29 is 5.11 Å². The zero-order chi connectivity index (χ0) is 13.1. The summed E-state index contributed by atoms with van der Waals surface area (Å²) in [5.74, 6) is 0.957. The molecule has 0 radical (unpaired) electrons. The number of hydrogen-bond acceptors (Lipinski definition) is 5. The highest BCUT2D eigenvalue weighted by atomic mass is 16.3. The van der Waals surface area contributed by atoms with Gasteiger partial charge in [-0.2, -0.15) is 0 Å². The Bertz CT molecular complexity index is 408. The van der Waals surface area contributed by atoms with Gasteiger partial charge in [0.1, 0.15) is 12.1 Å². The van der Waals surface area contributed by atoms with Crippen molar-refractivity contribution in [2.24, 2.45) is 0 Å². The number of fused-ring (bicyclic) bond motifs is 1. The van der Waals surface area contributed by atoms with Crippen LogP contribution in [0.4, 0.5) is 5.82 Å². The van der Waals surface area contributed by atoms with Gasteiger partial charge in [0, 0.05) is 38.7 Å². The van der Waals surface area contributed by atoms with Gasteiger partial charge in [-0.3, -0.25) is 4.90 Å². The second kappa shape index (κ2) is 5.63. The number of nitrogens with zero attached hydrogens (tertiary/aromatic N) is 4. The normalized spacial score (nSPS) is 17.3. The molecular formula is C13H22N4O. The number of anilines is 1. The second-order valence-corrected chi connectivity index (χ2v) is 4.97. The van der Waals surface area contributed by atoms with Gasteiger partial charge in [-0.25, -0.2) is 9.97 Å². The molecule has 1 aliphatic rings. The fourth-order valence-corrected chi connectivity index (χ4v) is 2.46. The van der Waals surface area contributed by atoms with Gasteiger partial charge in [-0.05, 0) is 13.5 Å². The summed E-state index contributed by atoms with van der Waals surface area (Å²) in [5.41, 5.74) is 2.37. The van der Waals surface area contributed by atoms with Crippen molar-refractivity contribution in [3.8, 4) is 0 Å². The third-order valence-corrected chi connectivity index (χ3v) is 3.41. The molecule has 1 unspecified atom stereocenters. The SMILES string of the molecule is CCN1CCc2ncnc(N(C)CC(C)O)c2C1. The number of aromatic nitrogens is 2. The lowest BCUT2D eigenvalue weighted by atomic mass is 10.1. The maximum atomic E-state index is 9.49. The lowest BCUT2D eigenvalue weighted by Gasteiger charge is -2.30. The van der Waals surface area contributed by atoms with Crippen molar-refractivity contribution in [1.29, 1.82) is 0 Å². The number of hydrogen-bond donors (Lipinski definition) is 1. The Morgan fingerprint density at radius 3 is 2.94 bits per heavy atom. The van der Waals surface area contributed by atoms with E-state index in [1.54, 1.807) is 13.3 Å². The van der Waals surface area contributed by atoms with Crippen molar-refractivity contribution in [3.63, 3.8) is 0 Å². The smallest absolute Gasteiger partial charge is 0.136 e. The molecule has 18 heavy (non-hydrogen) atoms. The highest BCUT2D eigenvalue weighted by Gasteiger charge is 2.21. The summed E-state index contributed by atoms with van der Waals surface area (Å²) >= 11 is 0. The van der Waals surface area contributed by atoms with E-state index in [4.69, 9.17) is 0 Å². The minimum atomic E-state index is -0.355. The molecule has 1 aromatic heterocycles. The molecule has 2 rings (SSSR count). The van der Waals surface area contributed by atoms with Gasteiger partial charge in [0.05, 0.1) is 11.8 Å². The summed E-state index contributed by atoms with van der Waals surface area (Å²) < 4.78 is 0. The average molecular weight is 250 g/mol. The van der Waals surface area contributed by atoms with E-state index < -0.39 is 0 Å². The van der Waals surface area contributed by atoms with E-state index in [2.05, 4.69) is 21.8 Å². The van der Waals surface area contributed by atoms with E-state index >= 15 is 0 Å². The van der Waals surface area contributed by atoms with Crippen LogP contribution in [0.2, 0.25) is 0 Å². The summed E-state index contributed by atoms with van der Waals surface area (Å²) in [6.07, 6.45) is 2.27. The van der Waals surface area contributed by atoms with E-state index in [-0.39, 0.29) is 6.10 Å². The molecule has 0 bridgehead atoms. The Hall–Kier alpha value is -1.20. The Morgan fingerprint density at radius 2 is 2.28 bits per heavy atom. The minimum Gasteiger partial charge on any atom is -0.392 e. The van der Waals surface area contributed by atoms with Crippen LogP contribution < -0.4 is 4.90 Å². The van der Waals surface area contributed by atoms with Crippen LogP contribution >= 0.6 is 0 Å². The lowest BCUT2D eigenvalue weighted by Crippen LogP contribution is -2.34. The molecule has 0 fully saturated rings. The third-order valence-electron chi connectivity index (χ3n) is 3.41. The first-order valence-corrected chi connectivity index (χ1v) is 6.56. The minimum absolute atomic E-state index is 0.355. The van der Waals surface area contributed by atoms with Crippen LogP contribution in [-0.4, -0.2) is 52.8 Å². The molecule has 0 amide bonds. The maximum Gasteiger partial charge on any atom is 0.136 e. The van der Waals surface area contributed by atoms with Crippen LogP contribution in [0.15, 0.2) is 6.33 Å². The van der Waals surface area contributed by atoms with Crippen LogP contribution in [0.3, 0.4) is 0 Å². The predicted molar refractivity (Wildman–Crippen MR) is 71.6 cm³/mol. The van der Waals surface area contributed by atoms with Crippen molar-refractivity contribution >= 4 is 5.82 Å². The van der Waals surface area contributed by atoms with Crippen LogP contribution in [-0.2, 0) is 13.0 Å². The van der Waals surface area contributed by atoms with E-state index in [1.807, 2.05) is 11.9 Å². The molecule has 0 saturated heterocycles. The molecule has 100 valence electrons. The Kier molecular flexibility index (Phi) is 4.14. The zero-order valence-electron chi connectivity index (χ0n) is 11.4. The van der Waals surface area contributed by atoms with Gasteiger partial charge < -0.3 is 10.0 Å². The van der Waals surface area contributed by atoms with E-state index in [9.17, 15) is 5.11 Å². The summed E-state index contributed by atoms with van der Waals surface area (Å²) in [6.45, 7) is 7.59. The molecule has 0 aliphatic carbocycles. The quantitative estimate of drug-likeness (QED) is 0.851. The highest BCUT2D eigenvalue weighted by molar-refractivity contribution is 5.48. The molecule has 0 aromatic carbocycles. The van der Waals surface area contributed by atoms with Crippen molar-refractivity contribution in [2.75, 3.05) is 31.6 Å². The average Bonchev–Trinajstić information content (AvgIpc) is 2.36. The van der Waals surface area contributed by atoms with E-state index in [0.29, 0.717) is 6.54 Å². The monoisotopic (exact) mass is 250 g/mol. The molecule has 0 saturated carbocycles. The van der Waals surface area contributed by atoms with Crippen molar-refractivity contribution in [2.45, 2.75) is 32.9 Å². The van der Waals surface area contributed by atoms with Crippen molar-refractivity contribution in [1.82, 2.24) is 14.9 Å². The first-order chi connectivity index (χ1) is 8.61. The predicted octanol–water partition coefficient (Wildman–Crippen LogP) is 0.672. The molecule has 5 nitrogen and oxygen atoms in total. The van der Waals surface area contributed by atoms with Gasteiger partial charge in [0.2, 0.25) is 0 Å². The molecule has 0 spiro atoms. The molecular weight excluding hydrogens is 228 g/mol. The van der Waals surface area contributed by atoms with Gasteiger partial charge in [-0.1, -0.05) is 6.92 Å². The van der Waals surface area contributed by atoms with Crippen LogP contribution in [0, 0.1) is 0 Å². The summed E-state index contributed by atoms with van der Waals surface area (Å²) in [5, 5.41) is 9.49. The second-order valence-electron chi connectivity index (χ2n) is 4.97. The first kappa shape index (κ1) is 13.2. The van der Waals surface area contributed by atoms with E-state index in [1.165, 1.54) is 5.56 Å². The first-order valence-electron chi connectivity index (χ1n) is 6.56. The zero-order valence-corrected chi connectivity index (χ0v) is 11.4. The number of aliphatic hydroxyl groups excluding tert-OH is 1. The lowest BCUT2D eigenvalue weighted by molar-refractivity contribution is 0.201. The van der Waals surface area contributed by atoms with Crippen LogP contribution in [0.1, 0.15) is 25.1 Å². The number of likely N-dealkylation sites (N-methyl/N-ethyl adjacent to an activating group) is 2. The van der Waals surface area contributed by atoms with Crippen LogP contribution in [0.5, 0.6) is 0 Å². The summed E-state index contributed by atoms with van der Waals surface area (Å²) in [4.78, 5) is 13.2. The molecule has 5 heteroatoms. The van der Waals surface area contributed by atoms with Gasteiger partial charge in [0.15, 0.2) is 0 Å². The van der Waals surface area contributed by atoms with Crippen LogP contribution in [0.25, 0.3) is 0 Å². The molecule has 1 aromatic rings. The van der Waals surface area contributed by atoms with Gasteiger partial charge in [-0.15, -0.1) is 0 Å². The van der Waals surface area contributed by atoms with Gasteiger partial charge >= 0.3 is 0 Å². The molecule has 1 N–H and O–H groups in total. The van der Waals surface area contributed by atoms with E-state index in [0.717, 1.165) is 37.6 Å². The Morgan fingerprint density at radius 1 is 1.50 bits per heavy atom. The maximum absolute atomic E-state index is 9.49. The molecule has 1 aliphatic heterocycles. The third kappa shape index (κ3) is 2.79. The summed E-state index contributed by atoms with van der Waals surface area (Å²) in [6, 6.07) is 0. The number of rotatable bonds is 4. The highest BCUT2D eigenvalue weighted by Crippen LogP contribution is 2.24. The van der Waals surface area contributed by atoms with Crippen molar-refractivity contribution in [3.05, 3.63) is 17.6 Å². The molecule has 1 atom stereocenters. The standard InChI is InChI=1S/C13H22N4O/c1-4-17-6-5-12-11(8-17)13(15-9-14-12)16(3)7-10(2)18/h9-10,18H,4-8H2,1-3H3. The summed E-state index contributed by atoms with van der Waals surface area (Å²) in [7, 11) is 1.97.